The largest absolute Gasteiger partial charge is 0.422 e. The van der Waals surface area contributed by atoms with Crippen LogP contribution < -0.4 is 16.0 Å². The molecule has 1 N–H and O–H groups in total. The van der Waals surface area contributed by atoms with E-state index in [4.69, 9.17) is 4.42 Å². The first-order chi connectivity index (χ1) is 12.1. The van der Waals surface area contributed by atoms with E-state index in [-0.39, 0.29) is 11.7 Å². The van der Waals surface area contributed by atoms with Crippen LogP contribution in [0.3, 0.4) is 0 Å². The van der Waals surface area contributed by atoms with Gasteiger partial charge in [-0.15, -0.1) is 0 Å². The SMILES string of the molecule is CN(C)c1ccc([C@H]2CC(c3cc4ccccc4oc3=O)=NN2)cc1. The summed E-state index contributed by atoms with van der Waals surface area (Å²) in [6, 6.07) is 17.8. The molecule has 0 radical (unpaired) electrons. The number of nitrogens with zero attached hydrogens (tertiary/aromatic N) is 2. The summed E-state index contributed by atoms with van der Waals surface area (Å²) >= 11 is 0. The number of nitrogens with one attached hydrogen (secondary N) is 1. The van der Waals surface area contributed by atoms with Gasteiger partial charge >= 0.3 is 5.63 Å². The maximum absolute atomic E-state index is 12.3. The molecule has 1 aliphatic heterocycles. The predicted octanol–water partition coefficient (Wildman–Crippen LogP) is 3.30. The Hall–Kier alpha value is -3.08. The van der Waals surface area contributed by atoms with E-state index in [0.29, 0.717) is 17.6 Å². The van der Waals surface area contributed by atoms with Gasteiger partial charge in [-0.2, -0.15) is 5.10 Å². The first kappa shape index (κ1) is 15.4. The molecule has 0 saturated carbocycles. The third-order valence-corrected chi connectivity index (χ3v) is 4.52. The standard InChI is InChI=1S/C20H19N3O2/c1-23(2)15-9-7-13(8-10-15)17-12-18(22-21-17)16-11-14-5-3-4-6-19(14)25-20(16)24/h3-11,17,21H,12H2,1-2H3/t17-/m1/s1. The van der Waals surface area contributed by atoms with Gasteiger partial charge < -0.3 is 14.7 Å². The Labute approximate surface area is 145 Å². The highest BCUT2D eigenvalue weighted by molar-refractivity contribution is 6.03. The number of para-hydroxylation sites is 1. The molecule has 3 aromatic rings. The van der Waals surface area contributed by atoms with Gasteiger partial charge in [0.15, 0.2) is 0 Å². The van der Waals surface area contributed by atoms with E-state index in [1.54, 1.807) is 6.07 Å². The number of hydrogen-bond acceptors (Lipinski definition) is 5. The smallest absolute Gasteiger partial charge is 0.345 e. The lowest BCUT2D eigenvalue weighted by Crippen LogP contribution is -2.14. The highest BCUT2D eigenvalue weighted by Crippen LogP contribution is 2.26. The lowest BCUT2D eigenvalue weighted by Gasteiger charge is -2.15. The second-order valence-electron chi connectivity index (χ2n) is 6.42. The highest BCUT2D eigenvalue weighted by atomic mass is 16.4. The van der Waals surface area contributed by atoms with Gasteiger partial charge in [-0.05, 0) is 29.8 Å². The topological polar surface area (TPSA) is 57.8 Å². The van der Waals surface area contributed by atoms with Gasteiger partial charge in [-0.1, -0.05) is 30.3 Å². The Bertz CT molecular complexity index is 1000. The maximum atomic E-state index is 12.3. The van der Waals surface area contributed by atoms with Crippen molar-refractivity contribution in [3.8, 4) is 0 Å². The van der Waals surface area contributed by atoms with Crippen molar-refractivity contribution in [1.29, 1.82) is 0 Å². The van der Waals surface area contributed by atoms with Crippen LogP contribution in [-0.2, 0) is 0 Å². The van der Waals surface area contributed by atoms with Crippen LogP contribution >= 0.6 is 0 Å². The van der Waals surface area contributed by atoms with Gasteiger partial charge in [0.05, 0.1) is 17.3 Å². The molecule has 5 heteroatoms. The van der Waals surface area contributed by atoms with Crippen LogP contribution in [0, 0.1) is 0 Å². The molecule has 0 spiro atoms. The lowest BCUT2D eigenvalue weighted by atomic mass is 9.99. The number of benzene rings is 2. The lowest BCUT2D eigenvalue weighted by molar-refractivity contribution is 0.559. The summed E-state index contributed by atoms with van der Waals surface area (Å²) in [6.07, 6.45) is 0.657. The molecule has 1 atom stereocenters. The van der Waals surface area contributed by atoms with Gasteiger partial charge in [-0.3, -0.25) is 0 Å². The zero-order valence-electron chi connectivity index (χ0n) is 14.2. The Balaban J connectivity index is 1.60. The average molecular weight is 333 g/mol. The summed E-state index contributed by atoms with van der Waals surface area (Å²) < 4.78 is 5.42. The van der Waals surface area contributed by atoms with E-state index in [1.165, 1.54) is 0 Å². The molecular weight excluding hydrogens is 314 g/mol. The number of anilines is 1. The van der Waals surface area contributed by atoms with Gasteiger partial charge in [0.25, 0.3) is 0 Å². The Morgan fingerprint density at radius 2 is 1.88 bits per heavy atom. The fourth-order valence-corrected chi connectivity index (χ4v) is 3.07. The molecule has 126 valence electrons. The summed E-state index contributed by atoms with van der Waals surface area (Å²) in [5.41, 5.74) is 6.95. The summed E-state index contributed by atoms with van der Waals surface area (Å²) in [5.74, 6) is 0. The zero-order valence-corrected chi connectivity index (χ0v) is 14.2. The van der Waals surface area contributed by atoms with Crippen molar-refractivity contribution in [2.24, 2.45) is 5.10 Å². The van der Waals surface area contributed by atoms with Crippen LogP contribution in [0.5, 0.6) is 0 Å². The van der Waals surface area contributed by atoms with Crippen molar-refractivity contribution in [3.63, 3.8) is 0 Å². The fraction of sp³-hybridized carbons (Fsp3) is 0.200. The Kier molecular flexibility index (Phi) is 3.76. The predicted molar refractivity (Wildman–Crippen MR) is 100 cm³/mol. The number of hydrazone groups is 1. The molecule has 5 nitrogen and oxygen atoms in total. The Morgan fingerprint density at radius 3 is 2.64 bits per heavy atom. The minimum Gasteiger partial charge on any atom is -0.422 e. The van der Waals surface area contributed by atoms with Crippen molar-refractivity contribution in [3.05, 3.63) is 76.1 Å². The van der Waals surface area contributed by atoms with Crippen LogP contribution in [0.1, 0.15) is 23.6 Å². The summed E-state index contributed by atoms with van der Waals surface area (Å²) in [7, 11) is 4.03. The van der Waals surface area contributed by atoms with Crippen LogP contribution in [-0.4, -0.2) is 19.8 Å². The van der Waals surface area contributed by atoms with E-state index in [1.807, 2.05) is 38.4 Å². The minimum atomic E-state index is -0.345. The zero-order chi connectivity index (χ0) is 17.4. The van der Waals surface area contributed by atoms with Gasteiger partial charge in [0.1, 0.15) is 5.58 Å². The number of fused-ring (bicyclic) bond motifs is 1. The number of hydrogen-bond donors (Lipinski definition) is 1. The maximum Gasteiger partial charge on any atom is 0.345 e. The molecule has 2 aromatic carbocycles. The molecule has 25 heavy (non-hydrogen) atoms. The highest BCUT2D eigenvalue weighted by Gasteiger charge is 2.23. The molecule has 1 aromatic heterocycles. The molecule has 4 rings (SSSR count). The number of rotatable bonds is 3. The normalized spacial score (nSPS) is 16.6. The van der Waals surface area contributed by atoms with Crippen molar-refractivity contribution in [2.45, 2.75) is 12.5 Å². The van der Waals surface area contributed by atoms with E-state index in [0.717, 1.165) is 22.3 Å². The van der Waals surface area contributed by atoms with E-state index < -0.39 is 0 Å². The second-order valence-corrected chi connectivity index (χ2v) is 6.42. The first-order valence-electron chi connectivity index (χ1n) is 8.24. The van der Waals surface area contributed by atoms with Crippen LogP contribution in [0.15, 0.2) is 68.9 Å². The van der Waals surface area contributed by atoms with Crippen molar-refractivity contribution in [2.75, 3.05) is 19.0 Å². The average Bonchev–Trinajstić information content (AvgIpc) is 3.11. The van der Waals surface area contributed by atoms with Crippen LogP contribution in [0.2, 0.25) is 0 Å². The van der Waals surface area contributed by atoms with E-state index in [9.17, 15) is 4.79 Å². The molecule has 1 aliphatic rings. The molecule has 0 bridgehead atoms. The summed E-state index contributed by atoms with van der Waals surface area (Å²) in [5, 5.41) is 5.29. The molecule has 0 fully saturated rings. The van der Waals surface area contributed by atoms with Crippen molar-refractivity contribution < 1.29 is 4.42 Å². The first-order valence-corrected chi connectivity index (χ1v) is 8.24. The third-order valence-electron chi connectivity index (χ3n) is 4.52. The molecule has 0 amide bonds. The second kappa shape index (κ2) is 6.09. The minimum absolute atomic E-state index is 0.0667. The Morgan fingerprint density at radius 1 is 1.12 bits per heavy atom. The molecule has 2 heterocycles. The quantitative estimate of drug-likeness (QED) is 0.747. The molecule has 0 unspecified atom stereocenters. The third kappa shape index (κ3) is 2.89. The fourth-order valence-electron chi connectivity index (χ4n) is 3.07. The monoisotopic (exact) mass is 333 g/mol. The van der Waals surface area contributed by atoms with E-state index in [2.05, 4.69) is 39.7 Å². The van der Waals surface area contributed by atoms with Crippen LogP contribution in [0.25, 0.3) is 11.0 Å². The molecule has 0 aliphatic carbocycles. The van der Waals surface area contributed by atoms with Gasteiger partial charge in [0, 0.05) is 31.6 Å². The van der Waals surface area contributed by atoms with Gasteiger partial charge in [-0.25, -0.2) is 4.79 Å². The van der Waals surface area contributed by atoms with E-state index >= 15 is 0 Å². The van der Waals surface area contributed by atoms with Crippen LogP contribution in [0.4, 0.5) is 5.69 Å². The summed E-state index contributed by atoms with van der Waals surface area (Å²) in [4.78, 5) is 14.4. The molecular formula is C20H19N3O2. The summed E-state index contributed by atoms with van der Waals surface area (Å²) in [6.45, 7) is 0. The van der Waals surface area contributed by atoms with Gasteiger partial charge in [0.2, 0.25) is 0 Å². The molecule has 0 saturated heterocycles. The van der Waals surface area contributed by atoms with Crippen molar-refractivity contribution in [1.82, 2.24) is 5.43 Å². The van der Waals surface area contributed by atoms with Crippen molar-refractivity contribution >= 4 is 22.4 Å².